The summed E-state index contributed by atoms with van der Waals surface area (Å²) in [7, 11) is 0. The molecule has 4 heteroatoms. The number of anilines is 1. The van der Waals surface area contributed by atoms with Gasteiger partial charge in [0.05, 0.1) is 5.56 Å². The Labute approximate surface area is 93.6 Å². The van der Waals surface area contributed by atoms with E-state index < -0.39 is 5.97 Å². The maximum absolute atomic E-state index is 11.2. The summed E-state index contributed by atoms with van der Waals surface area (Å²) < 4.78 is 0. The van der Waals surface area contributed by atoms with Gasteiger partial charge >= 0.3 is 5.97 Å². The van der Waals surface area contributed by atoms with Gasteiger partial charge < -0.3 is 10.4 Å². The minimum absolute atomic E-state index is 0.212. The van der Waals surface area contributed by atoms with Gasteiger partial charge in [-0.2, -0.15) is 0 Å². The lowest BCUT2D eigenvalue weighted by Crippen LogP contribution is -2.12. The van der Waals surface area contributed by atoms with Gasteiger partial charge in [0.25, 0.3) is 0 Å². The number of carbonyl (C=O) groups excluding carboxylic acids is 1. The molecule has 1 amide bonds. The molecule has 0 unspecified atom stereocenters. The molecule has 0 saturated heterocycles. The molecule has 84 valence electrons. The summed E-state index contributed by atoms with van der Waals surface area (Å²) in [5.41, 5.74) is 1.35. The summed E-state index contributed by atoms with van der Waals surface area (Å²) in [6.45, 7) is 5.18. The van der Waals surface area contributed by atoms with Crippen molar-refractivity contribution < 1.29 is 14.7 Å². The summed E-state index contributed by atoms with van der Waals surface area (Å²) in [6, 6.07) is 4.79. The van der Waals surface area contributed by atoms with Crippen molar-refractivity contribution in [3.8, 4) is 0 Å². The molecule has 2 N–H and O–H groups in total. The zero-order valence-electron chi connectivity index (χ0n) is 8.99. The minimum Gasteiger partial charge on any atom is -0.478 e. The maximum atomic E-state index is 11.2. The molecule has 1 aromatic rings. The molecule has 0 saturated carbocycles. The van der Waals surface area contributed by atoms with Crippen LogP contribution in [-0.4, -0.2) is 17.0 Å². The Morgan fingerprint density at radius 2 is 2.19 bits per heavy atom. The molecular weight excluding hydrogens is 206 g/mol. The van der Waals surface area contributed by atoms with Gasteiger partial charge in [-0.1, -0.05) is 19.6 Å². The van der Waals surface area contributed by atoms with Crippen molar-refractivity contribution in [3.05, 3.63) is 42.0 Å². The van der Waals surface area contributed by atoms with Gasteiger partial charge in [0.2, 0.25) is 5.91 Å². The van der Waals surface area contributed by atoms with Gasteiger partial charge in [0.1, 0.15) is 0 Å². The van der Waals surface area contributed by atoms with E-state index in [0.29, 0.717) is 17.7 Å². The molecular formula is C12H13NO3. The fourth-order valence-corrected chi connectivity index (χ4v) is 1.47. The fourth-order valence-electron chi connectivity index (χ4n) is 1.47. The molecule has 4 nitrogen and oxygen atoms in total. The van der Waals surface area contributed by atoms with Crippen LogP contribution >= 0.6 is 0 Å². The molecule has 16 heavy (non-hydrogen) atoms. The lowest BCUT2D eigenvalue weighted by molar-refractivity contribution is -0.111. The average Bonchev–Trinajstić information content (AvgIpc) is 2.28. The molecule has 1 aromatic carbocycles. The number of carboxylic acid groups (broad SMARTS) is 1. The van der Waals surface area contributed by atoms with Crippen LogP contribution in [0.15, 0.2) is 30.9 Å². The van der Waals surface area contributed by atoms with E-state index in [-0.39, 0.29) is 11.5 Å². The summed E-state index contributed by atoms with van der Waals surface area (Å²) in [6.07, 6.45) is 1.68. The highest BCUT2D eigenvalue weighted by molar-refractivity contribution is 6.01. The van der Waals surface area contributed by atoms with E-state index in [1.807, 2.05) is 6.92 Å². The molecule has 0 atom stereocenters. The monoisotopic (exact) mass is 219 g/mol. The predicted molar refractivity (Wildman–Crippen MR) is 61.6 cm³/mol. The van der Waals surface area contributed by atoms with Crippen molar-refractivity contribution in [1.82, 2.24) is 0 Å². The van der Waals surface area contributed by atoms with Gasteiger partial charge in [0, 0.05) is 5.69 Å². The molecule has 0 aliphatic heterocycles. The summed E-state index contributed by atoms with van der Waals surface area (Å²) >= 11 is 0. The van der Waals surface area contributed by atoms with Gasteiger partial charge in [-0.15, -0.1) is 0 Å². The normalized spacial score (nSPS) is 9.56. The Morgan fingerprint density at radius 3 is 2.69 bits per heavy atom. The number of nitrogens with one attached hydrogen (secondary N) is 1. The summed E-state index contributed by atoms with van der Waals surface area (Å²) in [4.78, 5) is 22.1. The van der Waals surface area contributed by atoms with Crippen molar-refractivity contribution in [2.45, 2.75) is 13.3 Å². The minimum atomic E-state index is -0.994. The summed E-state index contributed by atoms with van der Waals surface area (Å²) in [5, 5.41) is 11.6. The highest BCUT2D eigenvalue weighted by Crippen LogP contribution is 2.20. The third-order valence-electron chi connectivity index (χ3n) is 2.20. The van der Waals surface area contributed by atoms with Crippen LogP contribution in [0.1, 0.15) is 22.8 Å². The number of carbonyl (C=O) groups is 2. The quantitative estimate of drug-likeness (QED) is 0.762. The highest BCUT2D eigenvalue weighted by atomic mass is 16.4. The number of rotatable bonds is 4. The van der Waals surface area contributed by atoms with Crippen LogP contribution in [0.25, 0.3) is 0 Å². The Hall–Kier alpha value is -2.10. The first-order valence-electron chi connectivity index (χ1n) is 4.88. The van der Waals surface area contributed by atoms with Crippen molar-refractivity contribution in [3.63, 3.8) is 0 Å². The molecule has 0 heterocycles. The molecule has 0 fully saturated rings. The molecule has 1 rings (SSSR count). The number of benzene rings is 1. The van der Waals surface area contributed by atoms with Gasteiger partial charge in [-0.05, 0) is 30.2 Å². The second-order valence-corrected chi connectivity index (χ2v) is 3.18. The number of amides is 1. The van der Waals surface area contributed by atoms with Gasteiger partial charge in [-0.3, -0.25) is 4.79 Å². The van der Waals surface area contributed by atoms with E-state index in [4.69, 9.17) is 5.11 Å². The number of hydrogen-bond acceptors (Lipinski definition) is 2. The lowest BCUT2D eigenvalue weighted by atomic mass is 10.0. The molecule has 0 radical (unpaired) electrons. The lowest BCUT2D eigenvalue weighted by Gasteiger charge is -2.10. The van der Waals surface area contributed by atoms with Crippen LogP contribution in [0.3, 0.4) is 0 Å². The second-order valence-electron chi connectivity index (χ2n) is 3.18. The average molecular weight is 219 g/mol. The first-order valence-corrected chi connectivity index (χ1v) is 4.88. The number of aromatic carboxylic acids is 1. The van der Waals surface area contributed by atoms with Crippen molar-refractivity contribution >= 4 is 17.6 Å². The molecule has 0 aromatic heterocycles. The molecule has 0 aliphatic rings. The largest absolute Gasteiger partial charge is 0.478 e. The first kappa shape index (κ1) is 12.0. The number of hydrogen-bond donors (Lipinski definition) is 2. The third kappa shape index (κ3) is 2.48. The van der Waals surface area contributed by atoms with Gasteiger partial charge in [-0.25, -0.2) is 4.79 Å². The van der Waals surface area contributed by atoms with Gasteiger partial charge in [0.15, 0.2) is 0 Å². The third-order valence-corrected chi connectivity index (χ3v) is 2.20. The first-order chi connectivity index (χ1) is 7.60. The van der Waals surface area contributed by atoms with Crippen LogP contribution in [-0.2, 0) is 11.2 Å². The smallest absolute Gasteiger partial charge is 0.336 e. The number of carboxylic acids is 1. The van der Waals surface area contributed by atoms with E-state index in [9.17, 15) is 9.59 Å². The Kier molecular flexibility index (Phi) is 3.83. The standard InChI is InChI=1S/C12H13NO3/c1-3-8-9(12(15)16)6-5-7-10(8)13-11(14)4-2/h4-7H,2-3H2,1H3,(H,13,14)(H,15,16). The van der Waals surface area contributed by atoms with E-state index in [1.54, 1.807) is 12.1 Å². The van der Waals surface area contributed by atoms with Crippen LogP contribution in [0.4, 0.5) is 5.69 Å². The maximum Gasteiger partial charge on any atom is 0.336 e. The fraction of sp³-hybridized carbons (Fsp3) is 0.167. The van der Waals surface area contributed by atoms with Crippen molar-refractivity contribution in [1.29, 1.82) is 0 Å². The van der Waals surface area contributed by atoms with Crippen LogP contribution in [0.5, 0.6) is 0 Å². The zero-order chi connectivity index (χ0) is 12.1. The van der Waals surface area contributed by atoms with Crippen LogP contribution in [0.2, 0.25) is 0 Å². The summed E-state index contributed by atoms with van der Waals surface area (Å²) in [5.74, 6) is -1.34. The Balaban J connectivity index is 3.18. The molecule has 0 bridgehead atoms. The topological polar surface area (TPSA) is 66.4 Å². The highest BCUT2D eigenvalue weighted by Gasteiger charge is 2.12. The molecule has 0 spiro atoms. The van der Waals surface area contributed by atoms with E-state index in [1.165, 1.54) is 6.07 Å². The zero-order valence-corrected chi connectivity index (χ0v) is 8.99. The van der Waals surface area contributed by atoms with Crippen molar-refractivity contribution in [2.24, 2.45) is 0 Å². The SMILES string of the molecule is C=CC(=O)Nc1cccc(C(=O)O)c1CC. The van der Waals surface area contributed by atoms with E-state index in [0.717, 1.165) is 6.08 Å². The Morgan fingerprint density at radius 1 is 1.50 bits per heavy atom. The van der Waals surface area contributed by atoms with Crippen molar-refractivity contribution in [2.75, 3.05) is 5.32 Å². The molecule has 0 aliphatic carbocycles. The Bertz CT molecular complexity index is 438. The second kappa shape index (κ2) is 5.11. The van der Waals surface area contributed by atoms with E-state index in [2.05, 4.69) is 11.9 Å². The predicted octanol–water partition coefficient (Wildman–Crippen LogP) is 2.07. The van der Waals surface area contributed by atoms with Crippen LogP contribution in [0, 0.1) is 0 Å². The van der Waals surface area contributed by atoms with E-state index >= 15 is 0 Å². The van der Waals surface area contributed by atoms with Crippen LogP contribution < -0.4 is 5.32 Å².